The molecule has 6 heteroatoms. The number of hydrogen-bond donors (Lipinski definition) is 2. The maximum atomic E-state index is 12.5. The predicted molar refractivity (Wildman–Crippen MR) is 88.6 cm³/mol. The SMILES string of the molecule is Cc1ccc2c(C(=O)Nc3ccc(C(=O)O)cc3)cc(=O)oc2c1. The van der Waals surface area contributed by atoms with Gasteiger partial charge in [-0.25, -0.2) is 9.59 Å². The van der Waals surface area contributed by atoms with Crippen LogP contribution in [0.1, 0.15) is 26.3 Å². The van der Waals surface area contributed by atoms with Gasteiger partial charge in [-0.15, -0.1) is 0 Å². The zero-order valence-electron chi connectivity index (χ0n) is 12.7. The molecule has 3 aromatic rings. The normalized spacial score (nSPS) is 10.5. The summed E-state index contributed by atoms with van der Waals surface area (Å²) in [6.07, 6.45) is 0. The largest absolute Gasteiger partial charge is 0.478 e. The lowest BCUT2D eigenvalue weighted by molar-refractivity contribution is 0.0696. The number of carboxylic acids is 1. The minimum Gasteiger partial charge on any atom is -0.478 e. The van der Waals surface area contributed by atoms with Crippen LogP contribution in [0.2, 0.25) is 0 Å². The first kappa shape index (κ1) is 15.5. The van der Waals surface area contributed by atoms with Crippen molar-refractivity contribution < 1.29 is 19.1 Å². The lowest BCUT2D eigenvalue weighted by Crippen LogP contribution is -2.15. The van der Waals surface area contributed by atoms with Gasteiger partial charge in [0.1, 0.15) is 5.58 Å². The van der Waals surface area contributed by atoms with Gasteiger partial charge in [0.05, 0.1) is 11.1 Å². The summed E-state index contributed by atoms with van der Waals surface area (Å²) in [5.74, 6) is -1.52. The number of carboxylic acid groups (broad SMARTS) is 1. The highest BCUT2D eigenvalue weighted by Gasteiger charge is 2.14. The number of hydrogen-bond acceptors (Lipinski definition) is 4. The second kappa shape index (κ2) is 6.00. The van der Waals surface area contributed by atoms with Crippen LogP contribution >= 0.6 is 0 Å². The second-order valence-electron chi connectivity index (χ2n) is 5.32. The monoisotopic (exact) mass is 323 g/mol. The number of anilines is 1. The molecule has 0 aliphatic heterocycles. The third-order valence-electron chi connectivity index (χ3n) is 3.53. The van der Waals surface area contributed by atoms with Crippen molar-refractivity contribution in [3.8, 4) is 0 Å². The molecule has 0 saturated carbocycles. The van der Waals surface area contributed by atoms with Gasteiger partial charge in [-0.3, -0.25) is 4.79 Å². The highest BCUT2D eigenvalue weighted by Crippen LogP contribution is 2.20. The van der Waals surface area contributed by atoms with Crippen LogP contribution in [0.3, 0.4) is 0 Å². The Labute approximate surface area is 136 Å². The Kier molecular flexibility index (Phi) is 3.87. The Morgan fingerprint density at radius 2 is 1.75 bits per heavy atom. The number of amides is 1. The number of aromatic carboxylic acids is 1. The van der Waals surface area contributed by atoms with Crippen LogP contribution in [0.5, 0.6) is 0 Å². The summed E-state index contributed by atoms with van der Waals surface area (Å²) in [5, 5.41) is 12.0. The molecular weight excluding hydrogens is 310 g/mol. The van der Waals surface area contributed by atoms with Crippen molar-refractivity contribution >= 4 is 28.5 Å². The standard InChI is InChI=1S/C18H13NO5/c1-10-2-7-13-14(9-16(20)24-15(13)8-10)17(21)19-12-5-3-11(4-6-12)18(22)23/h2-9H,1H3,(H,19,21)(H,22,23). The minimum absolute atomic E-state index is 0.120. The third-order valence-corrected chi connectivity index (χ3v) is 3.53. The Morgan fingerprint density at radius 1 is 1.04 bits per heavy atom. The van der Waals surface area contributed by atoms with Gasteiger partial charge in [-0.05, 0) is 42.8 Å². The summed E-state index contributed by atoms with van der Waals surface area (Å²) in [5.41, 5.74) is 1.39. The quantitative estimate of drug-likeness (QED) is 0.722. The molecule has 1 aromatic heterocycles. The lowest BCUT2D eigenvalue weighted by Gasteiger charge is -2.08. The van der Waals surface area contributed by atoms with Crippen molar-refractivity contribution in [2.45, 2.75) is 6.92 Å². The van der Waals surface area contributed by atoms with E-state index >= 15 is 0 Å². The predicted octanol–water partition coefficient (Wildman–Crippen LogP) is 3.05. The summed E-state index contributed by atoms with van der Waals surface area (Å²) in [4.78, 5) is 35.0. The van der Waals surface area contributed by atoms with Crippen LogP contribution in [0.25, 0.3) is 11.0 Å². The van der Waals surface area contributed by atoms with Crippen LogP contribution < -0.4 is 10.9 Å². The van der Waals surface area contributed by atoms with Gasteiger partial charge in [-0.1, -0.05) is 12.1 Å². The Balaban J connectivity index is 1.96. The molecule has 0 atom stereocenters. The molecule has 24 heavy (non-hydrogen) atoms. The van der Waals surface area contributed by atoms with E-state index in [-0.39, 0.29) is 11.1 Å². The molecular formula is C18H13NO5. The molecule has 0 bridgehead atoms. The molecule has 2 aromatic carbocycles. The molecule has 0 fully saturated rings. The smallest absolute Gasteiger partial charge is 0.337 e. The van der Waals surface area contributed by atoms with Crippen LogP contribution in [0, 0.1) is 6.92 Å². The van der Waals surface area contributed by atoms with E-state index in [1.54, 1.807) is 12.1 Å². The zero-order valence-corrected chi connectivity index (χ0v) is 12.7. The number of carbonyl (C=O) groups is 2. The van der Waals surface area contributed by atoms with Crippen LogP contribution in [0.15, 0.2) is 57.7 Å². The molecule has 0 aliphatic rings. The fourth-order valence-corrected chi connectivity index (χ4v) is 2.35. The highest BCUT2D eigenvalue weighted by molar-refractivity contribution is 6.12. The lowest BCUT2D eigenvalue weighted by atomic mass is 10.1. The fraction of sp³-hybridized carbons (Fsp3) is 0.0556. The fourth-order valence-electron chi connectivity index (χ4n) is 2.35. The average Bonchev–Trinajstić information content (AvgIpc) is 2.54. The maximum absolute atomic E-state index is 12.5. The van der Waals surface area contributed by atoms with Crippen molar-refractivity contribution in [1.82, 2.24) is 0 Å². The molecule has 3 rings (SSSR count). The van der Waals surface area contributed by atoms with Crippen molar-refractivity contribution in [3.63, 3.8) is 0 Å². The van der Waals surface area contributed by atoms with Crippen molar-refractivity contribution in [1.29, 1.82) is 0 Å². The van der Waals surface area contributed by atoms with Gasteiger partial charge in [0.15, 0.2) is 0 Å². The second-order valence-corrected chi connectivity index (χ2v) is 5.32. The van der Waals surface area contributed by atoms with Gasteiger partial charge in [-0.2, -0.15) is 0 Å². The molecule has 0 unspecified atom stereocenters. The molecule has 6 nitrogen and oxygen atoms in total. The zero-order chi connectivity index (χ0) is 17.3. The number of fused-ring (bicyclic) bond motifs is 1. The van der Waals surface area contributed by atoms with E-state index in [1.807, 2.05) is 13.0 Å². The summed E-state index contributed by atoms with van der Waals surface area (Å²) in [6, 6.07) is 12.1. The molecule has 0 aliphatic carbocycles. The van der Waals surface area contributed by atoms with Crippen LogP contribution in [0.4, 0.5) is 5.69 Å². The van der Waals surface area contributed by atoms with Crippen molar-refractivity contribution in [2.24, 2.45) is 0 Å². The number of rotatable bonds is 3. The van der Waals surface area contributed by atoms with E-state index < -0.39 is 17.5 Å². The number of aryl methyl sites for hydroxylation is 1. The van der Waals surface area contributed by atoms with Gasteiger partial charge in [0.25, 0.3) is 5.91 Å². The summed E-state index contributed by atoms with van der Waals surface area (Å²) in [7, 11) is 0. The third kappa shape index (κ3) is 3.03. The molecule has 1 amide bonds. The Morgan fingerprint density at radius 3 is 2.42 bits per heavy atom. The van der Waals surface area contributed by atoms with Gasteiger partial charge >= 0.3 is 11.6 Å². The van der Waals surface area contributed by atoms with E-state index in [0.29, 0.717) is 16.7 Å². The molecule has 0 radical (unpaired) electrons. The topological polar surface area (TPSA) is 96.6 Å². The number of benzene rings is 2. The van der Waals surface area contributed by atoms with E-state index in [9.17, 15) is 14.4 Å². The summed E-state index contributed by atoms with van der Waals surface area (Å²) in [6.45, 7) is 1.86. The molecule has 0 spiro atoms. The van der Waals surface area contributed by atoms with Crippen LogP contribution in [-0.2, 0) is 0 Å². The summed E-state index contributed by atoms with van der Waals surface area (Å²) >= 11 is 0. The average molecular weight is 323 g/mol. The van der Waals surface area contributed by atoms with Gasteiger partial charge in [0, 0.05) is 17.1 Å². The highest BCUT2D eigenvalue weighted by atomic mass is 16.4. The number of nitrogens with one attached hydrogen (secondary N) is 1. The van der Waals surface area contributed by atoms with Crippen molar-refractivity contribution in [2.75, 3.05) is 5.32 Å². The maximum Gasteiger partial charge on any atom is 0.337 e. The Bertz CT molecular complexity index is 1000. The summed E-state index contributed by atoms with van der Waals surface area (Å²) < 4.78 is 5.12. The Hall–Kier alpha value is -3.41. The molecule has 0 saturated heterocycles. The first-order valence-electron chi connectivity index (χ1n) is 7.13. The van der Waals surface area contributed by atoms with Gasteiger partial charge < -0.3 is 14.8 Å². The molecule has 1 heterocycles. The first-order chi connectivity index (χ1) is 11.4. The van der Waals surface area contributed by atoms with E-state index in [1.165, 1.54) is 24.3 Å². The van der Waals surface area contributed by atoms with E-state index in [2.05, 4.69) is 5.32 Å². The minimum atomic E-state index is -1.05. The van der Waals surface area contributed by atoms with E-state index in [4.69, 9.17) is 9.52 Å². The van der Waals surface area contributed by atoms with E-state index in [0.717, 1.165) is 11.6 Å². The first-order valence-corrected chi connectivity index (χ1v) is 7.13. The van der Waals surface area contributed by atoms with Crippen molar-refractivity contribution in [3.05, 3.63) is 75.6 Å². The number of carbonyl (C=O) groups excluding carboxylic acids is 1. The molecule has 2 N–H and O–H groups in total. The van der Waals surface area contributed by atoms with Gasteiger partial charge in [0.2, 0.25) is 0 Å². The molecule has 120 valence electrons. The van der Waals surface area contributed by atoms with Crippen LogP contribution in [-0.4, -0.2) is 17.0 Å².